The molecule has 6 heteroatoms. The van der Waals surface area contributed by atoms with Gasteiger partial charge in [0.05, 0.1) is 12.5 Å². The number of nitrogens with zero attached hydrogens (tertiary/aromatic N) is 2. The molecule has 0 radical (unpaired) electrons. The second-order valence-electron chi connectivity index (χ2n) is 8.39. The van der Waals surface area contributed by atoms with Crippen molar-refractivity contribution >= 4 is 12.1 Å². The van der Waals surface area contributed by atoms with E-state index in [-0.39, 0.29) is 18.6 Å². The molecule has 0 aromatic heterocycles. The first-order valence-electron chi connectivity index (χ1n) is 10.4. The summed E-state index contributed by atoms with van der Waals surface area (Å²) in [5.41, 5.74) is 2.14. The first-order valence-corrected chi connectivity index (χ1v) is 10.4. The summed E-state index contributed by atoms with van der Waals surface area (Å²) in [7, 11) is 0. The van der Waals surface area contributed by atoms with Crippen LogP contribution in [0.1, 0.15) is 44.2 Å². The van der Waals surface area contributed by atoms with Crippen LogP contribution < -0.4 is 0 Å². The van der Waals surface area contributed by atoms with Gasteiger partial charge in [-0.1, -0.05) is 24.3 Å². The number of amides is 1. The molecule has 1 aromatic carbocycles. The number of benzene rings is 1. The van der Waals surface area contributed by atoms with E-state index >= 15 is 0 Å². The first-order chi connectivity index (χ1) is 13.4. The zero-order chi connectivity index (χ0) is 20.1. The predicted octanol–water partition coefficient (Wildman–Crippen LogP) is 3.19. The number of rotatable bonds is 6. The predicted molar refractivity (Wildman–Crippen MR) is 107 cm³/mol. The van der Waals surface area contributed by atoms with Crippen molar-refractivity contribution in [2.24, 2.45) is 5.92 Å². The first kappa shape index (κ1) is 20.6. The molecule has 0 aliphatic carbocycles. The van der Waals surface area contributed by atoms with E-state index in [9.17, 15) is 9.59 Å². The van der Waals surface area contributed by atoms with Crippen molar-refractivity contribution in [1.29, 1.82) is 0 Å². The number of carbonyl (C=O) groups is 2. The second-order valence-corrected chi connectivity index (χ2v) is 8.39. The number of aliphatic carboxylic acids is 1. The van der Waals surface area contributed by atoms with E-state index < -0.39 is 5.97 Å². The lowest BCUT2D eigenvalue weighted by molar-refractivity contribution is -0.136. The van der Waals surface area contributed by atoms with Gasteiger partial charge in [-0.25, -0.2) is 4.79 Å². The lowest BCUT2D eigenvalue weighted by Gasteiger charge is -2.36. The number of hydrogen-bond acceptors (Lipinski definition) is 4. The third-order valence-electron chi connectivity index (χ3n) is 5.80. The van der Waals surface area contributed by atoms with Crippen LogP contribution in [-0.2, 0) is 22.4 Å². The maximum absolute atomic E-state index is 12.0. The van der Waals surface area contributed by atoms with Crippen molar-refractivity contribution in [2.75, 3.05) is 26.2 Å². The van der Waals surface area contributed by atoms with Gasteiger partial charge in [-0.3, -0.25) is 9.69 Å². The van der Waals surface area contributed by atoms with E-state index in [4.69, 9.17) is 9.84 Å². The smallest absolute Gasteiger partial charge is 0.410 e. The quantitative estimate of drug-likeness (QED) is 0.810. The largest absolute Gasteiger partial charge is 0.481 e. The Labute approximate surface area is 167 Å². The minimum absolute atomic E-state index is 0.0669. The van der Waals surface area contributed by atoms with Gasteiger partial charge < -0.3 is 14.7 Å². The summed E-state index contributed by atoms with van der Waals surface area (Å²) in [6.45, 7) is 7.56. The summed E-state index contributed by atoms with van der Waals surface area (Å²) in [4.78, 5) is 27.2. The zero-order valence-corrected chi connectivity index (χ0v) is 17.0. The highest BCUT2D eigenvalue weighted by atomic mass is 16.6. The molecular weight excluding hydrogens is 356 g/mol. The molecular formula is C22H32N2O4. The average molecular weight is 389 g/mol. The topological polar surface area (TPSA) is 70.1 Å². The molecule has 154 valence electrons. The van der Waals surface area contributed by atoms with Crippen molar-refractivity contribution in [2.45, 2.75) is 58.1 Å². The van der Waals surface area contributed by atoms with Crippen LogP contribution in [0.4, 0.5) is 4.79 Å². The van der Waals surface area contributed by atoms with Gasteiger partial charge in [0.2, 0.25) is 0 Å². The van der Waals surface area contributed by atoms with E-state index in [1.165, 1.54) is 12.0 Å². The highest BCUT2D eigenvalue weighted by Crippen LogP contribution is 2.27. The third kappa shape index (κ3) is 5.71. The number of piperidine rings is 1. The normalized spacial score (nSPS) is 21.2. The summed E-state index contributed by atoms with van der Waals surface area (Å²) in [6.07, 6.45) is 4.12. The molecule has 1 aromatic rings. The molecule has 2 aliphatic rings. The fourth-order valence-electron chi connectivity index (χ4n) is 4.35. The Morgan fingerprint density at radius 1 is 1.07 bits per heavy atom. The average Bonchev–Trinajstić information content (AvgIpc) is 3.11. The zero-order valence-electron chi connectivity index (χ0n) is 17.0. The summed E-state index contributed by atoms with van der Waals surface area (Å²) < 4.78 is 5.30. The molecule has 1 amide bonds. The van der Waals surface area contributed by atoms with E-state index in [1.807, 2.05) is 30.9 Å². The number of hydrogen-bond donors (Lipinski definition) is 1. The second kappa shape index (κ2) is 9.41. The summed E-state index contributed by atoms with van der Waals surface area (Å²) >= 11 is 0. The van der Waals surface area contributed by atoms with Crippen LogP contribution in [0.2, 0.25) is 0 Å². The Kier molecular flexibility index (Phi) is 6.94. The van der Waals surface area contributed by atoms with Crippen molar-refractivity contribution in [3.63, 3.8) is 0 Å². The van der Waals surface area contributed by atoms with Crippen LogP contribution >= 0.6 is 0 Å². The highest BCUT2D eigenvalue weighted by molar-refractivity contribution is 5.70. The van der Waals surface area contributed by atoms with E-state index in [0.717, 1.165) is 51.0 Å². The van der Waals surface area contributed by atoms with Crippen LogP contribution in [0, 0.1) is 5.92 Å². The molecule has 0 saturated carbocycles. The fraction of sp³-hybridized carbons (Fsp3) is 0.636. The molecule has 1 N–H and O–H groups in total. The van der Waals surface area contributed by atoms with Gasteiger partial charge in [-0.2, -0.15) is 0 Å². The monoisotopic (exact) mass is 388 g/mol. The molecule has 2 saturated heterocycles. The molecule has 1 atom stereocenters. The maximum Gasteiger partial charge on any atom is 0.410 e. The summed E-state index contributed by atoms with van der Waals surface area (Å²) in [6, 6.07) is 8.56. The van der Waals surface area contributed by atoms with Gasteiger partial charge >= 0.3 is 12.1 Å². The maximum atomic E-state index is 12.0. The van der Waals surface area contributed by atoms with Gasteiger partial charge in [-0.05, 0) is 63.1 Å². The number of carboxylic acid groups (broad SMARTS) is 1. The summed E-state index contributed by atoms with van der Waals surface area (Å²) in [5.74, 6) is -0.142. The molecule has 2 fully saturated rings. The fourth-order valence-corrected chi connectivity index (χ4v) is 4.35. The highest BCUT2D eigenvalue weighted by Gasteiger charge is 2.32. The van der Waals surface area contributed by atoms with E-state index in [2.05, 4.69) is 17.0 Å². The van der Waals surface area contributed by atoms with E-state index in [1.54, 1.807) is 0 Å². The van der Waals surface area contributed by atoms with Gasteiger partial charge in [0.15, 0.2) is 0 Å². The Hall–Kier alpha value is -2.08. The molecule has 2 heterocycles. The Morgan fingerprint density at radius 2 is 1.71 bits per heavy atom. The van der Waals surface area contributed by atoms with Crippen LogP contribution in [0.3, 0.4) is 0 Å². The van der Waals surface area contributed by atoms with Crippen molar-refractivity contribution < 1.29 is 19.4 Å². The molecule has 0 bridgehead atoms. The Bertz CT molecular complexity index is 666. The molecule has 1 unspecified atom stereocenters. The number of likely N-dealkylation sites (tertiary alicyclic amines) is 2. The molecule has 28 heavy (non-hydrogen) atoms. The SMILES string of the molecule is CC(C)OC(=O)N1CCC(N2CCC(Cc3ccc(CC(=O)O)cc3)C2)CC1. The number of carboxylic acids is 1. The molecule has 0 spiro atoms. The Balaban J connectivity index is 1.43. The number of ether oxygens (including phenoxy) is 1. The van der Waals surface area contributed by atoms with Gasteiger partial charge in [-0.15, -0.1) is 0 Å². The molecule has 2 aliphatic heterocycles. The third-order valence-corrected chi connectivity index (χ3v) is 5.80. The lowest BCUT2D eigenvalue weighted by Crippen LogP contribution is -2.46. The van der Waals surface area contributed by atoms with Crippen molar-refractivity contribution in [1.82, 2.24) is 9.80 Å². The molecule has 3 rings (SSSR count). The van der Waals surface area contributed by atoms with Crippen molar-refractivity contribution in [3.05, 3.63) is 35.4 Å². The van der Waals surface area contributed by atoms with E-state index in [0.29, 0.717) is 12.0 Å². The molecule has 6 nitrogen and oxygen atoms in total. The number of carbonyl (C=O) groups excluding carboxylic acids is 1. The van der Waals surface area contributed by atoms with Gasteiger partial charge in [0, 0.05) is 25.7 Å². The van der Waals surface area contributed by atoms with Crippen LogP contribution in [-0.4, -0.2) is 65.3 Å². The minimum Gasteiger partial charge on any atom is -0.481 e. The summed E-state index contributed by atoms with van der Waals surface area (Å²) in [5, 5.41) is 8.87. The standard InChI is InChI=1S/C22H32N2O4/c1-16(2)28-22(27)23-11-8-20(9-12-23)24-10-7-19(15-24)13-17-3-5-18(6-4-17)14-21(25)26/h3-6,16,19-20H,7-15H2,1-2H3,(H,25,26). The van der Waals surface area contributed by atoms with Crippen LogP contribution in [0.5, 0.6) is 0 Å². The Morgan fingerprint density at radius 3 is 2.32 bits per heavy atom. The van der Waals surface area contributed by atoms with Crippen molar-refractivity contribution in [3.8, 4) is 0 Å². The van der Waals surface area contributed by atoms with Crippen LogP contribution in [0.15, 0.2) is 24.3 Å². The minimum atomic E-state index is -0.789. The van der Waals surface area contributed by atoms with Gasteiger partial charge in [0.1, 0.15) is 0 Å². The lowest BCUT2D eigenvalue weighted by atomic mass is 9.97. The van der Waals surface area contributed by atoms with Gasteiger partial charge in [0.25, 0.3) is 0 Å². The van der Waals surface area contributed by atoms with Crippen LogP contribution in [0.25, 0.3) is 0 Å².